The molecule has 104 valence electrons. The van der Waals surface area contributed by atoms with Gasteiger partial charge in [0, 0.05) is 13.8 Å². The van der Waals surface area contributed by atoms with E-state index in [9.17, 15) is 14.7 Å². The summed E-state index contributed by atoms with van der Waals surface area (Å²) in [6, 6.07) is 0. The third kappa shape index (κ3) is 6.60. The van der Waals surface area contributed by atoms with Crippen molar-refractivity contribution in [3.8, 4) is 0 Å². The fourth-order valence-electron chi connectivity index (χ4n) is 2.08. The van der Waals surface area contributed by atoms with Gasteiger partial charge in [0.15, 0.2) is 11.6 Å². The third-order valence-electron chi connectivity index (χ3n) is 2.96. The molecule has 1 rings (SSSR count). The number of aliphatic carboxylic acids is 1. The van der Waals surface area contributed by atoms with Gasteiger partial charge >= 0.3 is 29.6 Å². The van der Waals surface area contributed by atoms with E-state index >= 15 is 0 Å². The molecule has 0 aromatic heterocycles. The van der Waals surface area contributed by atoms with E-state index in [1.165, 1.54) is 0 Å². The number of carboxylic acid groups (broad SMARTS) is 1. The van der Waals surface area contributed by atoms with Gasteiger partial charge in [-0.05, 0) is 0 Å². The summed E-state index contributed by atoms with van der Waals surface area (Å²) in [5, 5.41) is 10.2. The molecule has 8 heteroatoms. The van der Waals surface area contributed by atoms with E-state index in [2.05, 4.69) is 4.99 Å². The molecule has 1 aliphatic heterocycles. The number of Topliss-reactive ketones (excluding diaryl/α,β-unsaturated/α-hetero) is 1. The van der Waals surface area contributed by atoms with Gasteiger partial charge in [-0.2, -0.15) is 0 Å². The first kappa shape index (κ1) is 21.0. The van der Waals surface area contributed by atoms with Gasteiger partial charge in [-0.25, -0.2) is 4.99 Å². The summed E-state index contributed by atoms with van der Waals surface area (Å²) < 4.78 is 5.46. The van der Waals surface area contributed by atoms with Crippen molar-refractivity contribution >= 4 is 17.6 Å². The number of quaternary nitrogens is 1. The fraction of sp³-hybridized carbons (Fsp3) is 0.727. The van der Waals surface area contributed by atoms with Crippen molar-refractivity contribution < 1.29 is 58.9 Å². The molecule has 0 radical (unpaired) electrons. The van der Waals surface area contributed by atoms with E-state index in [4.69, 9.17) is 4.74 Å². The summed E-state index contributed by atoms with van der Waals surface area (Å²) in [6.07, 6.45) is 0. The van der Waals surface area contributed by atoms with Gasteiger partial charge in [-0.3, -0.25) is 9.28 Å². The topological polar surface area (TPSA) is 109 Å². The summed E-state index contributed by atoms with van der Waals surface area (Å²) in [5.41, 5.74) is 0. The second kappa shape index (κ2) is 9.57. The van der Waals surface area contributed by atoms with E-state index < -0.39 is 12.6 Å². The molecule has 0 aliphatic carbocycles. The molecule has 0 saturated carbocycles. The van der Waals surface area contributed by atoms with E-state index in [1.54, 1.807) is 6.92 Å². The van der Waals surface area contributed by atoms with Gasteiger partial charge in [-0.1, -0.05) is 0 Å². The molecular formula is C11H19N2NaO5. The van der Waals surface area contributed by atoms with Crippen LogP contribution in [0.5, 0.6) is 0 Å². The Kier molecular flexibility index (Phi) is 10.6. The third-order valence-corrected chi connectivity index (χ3v) is 2.96. The van der Waals surface area contributed by atoms with Crippen LogP contribution in [0.15, 0.2) is 4.99 Å². The first-order valence-electron chi connectivity index (χ1n) is 5.61. The van der Waals surface area contributed by atoms with Crippen molar-refractivity contribution in [3.63, 3.8) is 0 Å². The first-order valence-corrected chi connectivity index (χ1v) is 5.61. The van der Waals surface area contributed by atoms with Gasteiger partial charge in [-0.15, -0.1) is 0 Å². The predicted molar refractivity (Wildman–Crippen MR) is 61.3 cm³/mol. The number of rotatable bonds is 7. The van der Waals surface area contributed by atoms with Gasteiger partial charge in [0.2, 0.25) is 0 Å². The minimum atomic E-state index is -1.23. The van der Waals surface area contributed by atoms with E-state index in [1.807, 2.05) is 6.92 Å². The number of hydrogen-bond acceptors (Lipinski definition) is 6. The minimum absolute atomic E-state index is 0. The fourth-order valence-corrected chi connectivity index (χ4v) is 2.08. The van der Waals surface area contributed by atoms with Crippen LogP contribution in [0.3, 0.4) is 0 Å². The molecule has 0 aromatic rings. The van der Waals surface area contributed by atoms with Gasteiger partial charge in [0.05, 0.1) is 25.7 Å². The molecule has 0 amide bonds. The average molecular weight is 282 g/mol. The molecule has 1 aliphatic rings. The summed E-state index contributed by atoms with van der Waals surface area (Å²) >= 11 is 0. The molecule has 1 heterocycles. The number of aliphatic imine (C=N–C) groups is 1. The van der Waals surface area contributed by atoms with E-state index in [0.717, 1.165) is 12.4 Å². The van der Waals surface area contributed by atoms with Crippen LogP contribution in [0.4, 0.5) is 0 Å². The Balaban J connectivity index is 0. The zero-order chi connectivity index (χ0) is 12.9. The maximum atomic E-state index is 11.3. The van der Waals surface area contributed by atoms with Crippen LogP contribution in [0, 0.1) is 0 Å². The number of carboxylic acids is 1. The largest absolute Gasteiger partial charge is 1.00 e. The van der Waals surface area contributed by atoms with Crippen LogP contribution in [0.25, 0.3) is 0 Å². The molecular weight excluding hydrogens is 263 g/mol. The number of ketones is 1. The summed E-state index contributed by atoms with van der Waals surface area (Å²) in [6.45, 7) is 5.78. The zero-order valence-electron chi connectivity index (χ0n) is 11.7. The van der Waals surface area contributed by atoms with Crippen molar-refractivity contribution in [1.29, 1.82) is 0 Å². The summed E-state index contributed by atoms with van der Waals surface area (Å²) in [7, 11) is 0. The van der Waals surface area contributed by atoms with Gasteiger partial charge in [0.1, 0.15) is 19.6 Å². The molecule has 1 N–H and O–H groups in total. The molecule has 1 atom stereocenters. The number of carbonyl (C=O) groups excluding carboxylic acids is 2. The maximum absolute atomic E-state index is 11.3. The van der Waals surface area contributed by atoms with Gasteiger partial charge < -0.3 is 20.1 Å². The Bertz CT molecular complexity index is 348. The predicted octanol–water partition coefficient (Wildman–Crippen LogP) is -4.58. The average Bonchev–Trinajstić information content (AvgIpc) is 2.55. The first-order chi connectivity index (χ1) is 7.96. The van der Waals surface area contributed by atoms with Crippen LogP contribution in [0.1, 0.15) is 13.8 Å². The molecule has 0 aromatic carbocycles. The number of nitrogens with zero attached hydrogens (tertiary/aromatic N) is 2. The number of ether oxygens (including phenoxy) is 1. The van der Waals surface area contributed by atoms with Crippen LogP contribution >= 0.6 is 0 Å². The molecule has 0 bridgehead atoms. The molecule has 7 nitrogen and oxygen atoms in total. The Labute approximate surface area is 134 Å². The normalized spacial score (nSPS) is 21.1. The van der Waals surface area contributed by atoms with E-state index in [-0.39, 0.29) is 47.4 Å². The Morgan fingerprint density at radius 1 is 1.47 bits per heavy atom. The van der Waals surface area contributed by atoms with Crippen molar-refractivity contribution in [2.45, 2.75) is 13.8 Å². The number of carbonyl (C=O) groups is 2. The molecule has 19 heavy (non-hydrogen) atoms. The second-order valence-corrected chi connectivity index (χ2v) is 4.31. The number of amidine groups is 1. The Morgan fingerprint density at radius 3 is 2.53 bits per heavy atom. The monoisotopic (exact) mass is 282 g/mol. The summed E-state index contributed by atoms with van der Waals surface area (Å²) in [4.78, 5) is 25.8. The standard InChI is InChI=1S/C11H18N2O4.Na.H2O/c1-9(14)7-13(4-3-12-10(13)2)5-6-17-8-11(15)16;;/h3-8H2,1-2H3;;1H2/q;+1;/p-1. The molecule has 0 saturated heterocycles. The summed E-state index contributed by atoms with van der Waals surface area (Å²) in [5.74, 6) is -0.214. The number of hydrogen-bond donors (Lipinski definition) is 0. The quantitative estimate of drug-likeness (QED) is 0.265. The Hall–Kier alpha value is -0.310. The molecule has 1 unspecified atom stereocenters. The zero-order valence-corrected chi connectivity index (χ0v) is 13.7. The minimum Gasteiger partial charge on any atom is -0.870 e. The van der Waals surface area contributed by atoms with Crippen molar-refractivity contribution in [1.82, 2.24) is 0 Å². The van der Waals surface area contributed by atoms with Crippen LogP contribution < -0.4 is 34.7 Å². The van der Waals surface area contributed by atoms with E-state index in [0.29, 0.717) is 24.1 Å². The maximum Gasteiger partial charge on any atom is 1.00 e. The van der Waals surface area contributed by atoms with Gasteiger partial charge in [0.25, 0.3) is 0 Å². The smallest absolute Gasteiger partial charge is 0.870 e. The Morgan fingerprint density at radius 2 is 2.11 bits per heavy atom. The van der Waals surface area contributed by atoms with Crippen LogP contribution in [0.2, 0.25) is 0 Å². The van der Waals surface area contributed by atoms with Crippen molar-refractivity contribution in [3.05, 3.63) is 0 Å². The SMILES string of the molecule is CC(=O)C[N+]1(CCOCC(=O)[O-])CCN=C1C.[Na+].[OH-]. The molecule has 0 fully saturated rings. The second-order valence-electron chi connectivity index (χ2n) is 4.31. The molecule has 0 spiro atoms. The van der Waals surface area contributed by atoms with Crippen molar-refractivity contribution in [2.24, 2.45) is 4.99 Å². The van der Waals surface area contributed by atoms with Crippen LogP contribution in [-0.2, 0) is 14.3 Å². The van der Waals surface area contributed by atoms with Crippen LogP contribution in [-0.4, -0.2) is 66.9 Å². The van der Waals surface area contributed by atoms with Crippen molar-refractivity contribution in [2.75, 3.05) is 39.4 Å².